The predicted molar refractivity (Wildman–Crippen MR) is 113 cm³/mol. The zero-order chi connectivity index (χ0) is 28.6. The molecule has 3 rings (SSSR count). The van der Waals surface area contributed by atoms with Gasteiger partial charge in [0.1, 0.15) is 23.6 Å². The van der Waals surface area contributed by atoms with Gasteiger partial charge in [0, 0.05) is 26.2 Å². The number of rotatable bonds is 3. The number of carbonyl (C=O) groups excluding carboxylic acids is 1. The summed E-state index contributed by atoms with van der Waals surface area (Å²) in [5, 5.41) is 23.2. The molecule has 0 aliphatic carbocycles. The number of likely N-dealkylation sites (N-methyl/N-ethyl adjacent to an activating group) is 1. The SMILES string of the molecule is Cc1ccc(CN2CCC3(CC2)C(=O)N(CC#N)CCN3C)o1.O=C(O)C(F)(F)F.O=C(O)C(F)(F)F. The first-order valence-corrected chi connectivity index (χ1v) is 10.7. The average molecular weight is 544 g/mol. The Bertz CT molecular complexity index is 955. The normalized spacial score (nSPS) is 18.2. The predicted octanol–water partition coefficient (Wildman–Crippen LogP) is 2.49. The number of carbonyl (C=O) groups is 3. The van der Waals surface area contributed by atoms with Crippen molar-refractivity contribution in [2.75, 3.05) is 39.8 Å². The fourth-order valence-corrected chi connectivity index (χ4v) is 3.75. The van der Waals surface area contributed by atoms with E-state index in [1.54, 1.807) is 4.90 Å². The van der Waals surface area contributed by atoms with E-state index < -0.39 is 29.8 Å². The van der Waals surface area contributed by atoms with Gasteiger partial charge >= 0.3 is 24.3 Å². The van der Waals surface area contributed by atoms with Gasteiger partial charge in [-0.3, -0.25) is 14.6 Å². The van der Waals surface area contributed by atoms with Crippen LogP contribution in [-0.4, -0.2) is 100 Å². The summed E-state index contributed by atoms with van der Waals surface area (Å²) < 4.78 is 69.1. The van der Waals surface area contributed by atoms with Crippen molar-refractivity contribution in [1.82, 2.24) is 14.7 Å². The van der Waals surface area contributed by atoms with Crippen LogP contribution in [0.1, 0.15) is 24.4 Å². The summed E-state index contributed by atoms with van der Waals surface area (Å²) in [7, 11) is 2.03. The van der Waals surface area contributed by atoms with E-state index in [4.69, 9.17) is 29.5 Å². The zero-order valence-corrected chi connectivity index (χ0v) is 19.9. The Morgan fingerprint density at radius 2 is 1.51 bits per heavy atom. The molecule has 208 valence electrons. The Morgan fingerprint density at radius 1 is 1.03 bits per heavy atom. The third-order valence-electron chi connectivity index (χ3n) is 5.73. The molecule has 1 spiro atoms. The van der Waals surface area contributed by atoms with E-state index in [0.29, 0.717) is 6.54 Å². The molecule has 1 amide bonds. The molecule has 2 aliphatic rings. The van der Waals surface area contributed by atoms with Gasteiger partial charge in [-0.25, -0.2) is 9.59 Å². The number of carboxylic acid groups (broad SMARTS) is 2. The molecule has 37 heavy (non-hydrogen) atoms. The van der Waals surface area contributed by atoms with Gasteiger partial charge in [-0.05, 0) is 38.9 Å². The number of furan rings is 1. The minimum Gasteiger partial charge on any atom is -0.475 e. The number of alkyl halides is 6. The Balaban J connectivity index is 0.000000404. The van der Waals surface area contributed by atoms with Crippen LogP contribution in [0.3, 0.4) is 0 Å². The number of hydrogen-bond donors (Lipinski definition) is 2. The molecule has 1 aromatic heterocycles. The number of carboxylic acids is 2. The first-order valence-electron chi connectivity index (χ1n) is 10.7. The molecule has 2 fully saturated rings. The highest BCUT2D eigenvalue weighted by Gasteiger charge is 2.49. The van der Waals surface area contributed by atoms with Gasteiger partial charge in [0.2, 0.25) is 5.91 Å². The van der Waals surface area contributed by atoms with Crippen molar-refractivity contribution < 1.29 is 55.4 Å². The lowest BCUT2D eigenvalue weighted by atomic mass is 9.82. The third kappa shape index (κ3) is 9.25. The first kappa shape index (κ1) is 31.7. The summed E-state index contributed by atoms with van der Waals surface area (Å²) in [6.07, 6.45) is -8.55. The summed E-state index contributed by atoms with van der Waals surface area (Å²) in [6.45, 7) is 6.18. The smallest absolute Gasteiger partial charge is 0.475 e. The van der Waals surface area contributed by atoms with Crippen LogP contribution < -0.4 is 0 Å². The number of hydrogen-bond acceptors (Lipinski definition) is 7. The summed E-state index contributed by atoms with van der Waals surface area (Å²) in [6, 6.07) is 6.12. The van der Waals surface area contributed by atoms with E-state index in [1.165, 1.54) is 0 Å². The number of aliphatic carboxylic acids is 2. The van der Waals surface area contributed by atoms with E-state index in [-0.39, 0.29) is 12.5 Å². The van der Waals surface area contributed by atoms with Gasteiger partial charge in [-0.15, -0.1) is 0 Å². The Morgan fingerprint density at radius 3 is 1.89 bits per heavy atom. The van der Waals surface area contributed by atoms with Crippen LogP contribution in [-0.2, 0) is 20.9 Å². The van der Waals surface area contributed by atoms with Gasteiger partial charge in [-0.1, -0.05) is 0 Å². The molecule has 16 heteroatoms. The first-order chi connectivity index (χ1) is 16.9. The monoisotopic (exact) mass is 544 g/mol. The maximum atomic E-state index is 12.9. The van der Waals surface area contributed by atoms with Crippen molar-refractivity contribution >= 4 is 17.8 Å². The molecule has 0 aromatic carbocycles. The summed E-state index contributed by atoms with van der Waals surface area (Å²) >= 11 is 0. The van der Waals surface area contributed by atoms with Crippen molar-refractivity contribution in [2.45, 2.75) is 44.2 Å². The molecule has 2 saturated heterocycles. The molecule has 2 aliphatic heterocycles. The number of aryl methyl sites for hydroxylation is 1. The van der Waals surface area contributed by atoms with Gasteiger partial charge in [0.05, 0.1) is 12.6 Å². The topological polar surface area (TPSA) is 138 Å². The molecule has 10 nitrogen and oxygen atoms in total. The molecule has 0 radical (unpaired) electrons. The number of piperidine rings is 1. The van der Waals surface area contributed by atoms with Crippen molar-refractivity contribution in [1.29, 1.82) is 5.26 Å². The highest BCUT2D eigenvalue weighted by molar-refractivity contribution is 5.87. The van der Waals surface area contributed by atoms with Crippen LogP contribution >= 0.6 is 0 Å². The highest BCUT2D eigenvalue weighted by atomic mass is 19.4. The molecule has 0 saturated carbocycles. The van der Waals surface area contributed by atoms with E-state index in [1.807, 2.05) is 26.1 Å². The average Bonchev–Trinajstić information content (AvgIpc) is 3.19. The minimum atomic E-state index is -5.08. The van der Waals surface area contributed by atoms with Crippen LogP contribution in [0.25, 0.3) is 0 Å². The molecule has 2 N–H and O–H groups in total. The lowest BCUT2D eigenvalue weighted by Gasteiger charge is -2.51. The van der Waals surface area contributed by atoms with Gasteiger partial charge in [-0.2, -0.15) is 31.6 Å². The number of piperazine rings is 1. The molecular weight excluding hydrogens is 518 g/mol. The second-order valence-electron chi connectivity index (χ2n) is 8.23. The number of amides is 1. The van der Waals surface area contributed by atoms with Crippen LogP contribution in [0.4, 0.5) is 26.3 Å². The number of likely N-dealkylation sites (tertiary alicyclic amines) is 1. The van der Waals surface area contributed by atoms with Crippen molar-refractivity contribution in [3.05, 3.63) is 23.7 Å². The number of halogens is 6. The van der Waals surface area contributed by atoms with E-state index in [9.17, 15) is 31.1 Å². The van der Waals surface area contributed by atoms with Crippen LogP contribution in [0, 0.1) is 18.3 Å². The lowest BCUT2D eigenvalue weighted by molar-refractivity contribution is -0.193. The maximum absolute atomic E-state index is 12.9. The molecule has 0 atom stereocenters. The van der Waals surface area contributed by atoms with Crippen LogP contribution in [0.5, 0.6) is 0 Å². The van der Waals surface area contributed by atoms with E-state index in [0.717, 1.165) is 50.5 Å². The molecule has 1 aromatic rings. The van der Waals surface area contributed by atoms with Crippen molar-refractivity contribution in [3.8, 4) is 6.07 Å². The number of nitrogens with zero attached hydrogens (tertiary/aromatic N) is 4. The third-order valence-corrected chi connectivity index (χ3v) is 5.73. The largest absolute Gasteiger partial charge is 0.490 e. The second kappa shape index (κ2) is 12.8. The Hall–Kier alpha value is -3.32. The van der Waals surface area contributed by atoms with Crippen molar-refractivity contribution in [3.63, 3.8) is 0 Å². The van der Waals surface area contributed by atoms with E-state index in [2.05, 4.69) is 15.9 Å². The van der Waals surface area contributed by atoms with Gasteiger partial charge in [0.15, 0.2) is 0 Å². The number of nitriles is 1. The van der Waals surface area contributed by atoms with Crippen LogP contribution in [0.15, 0.2) is 16.5 Å². The summed E-state index contributed by atoms with van der Waals surface area (Å²) in [5.41, 5.74) is -0.426. The lowest BCUT2D eigenvalue weighted by Crippen LogP contribution is -2.67. The molecular formula is C21H26F6N4O6. The van der Waals surface area contributed by atoms with Crippen LogP contribution in [0.2, 0.25) is 0 Å². The molecule has 0 bridgehead atoms. The maximum Gasteiger partial charge on any atom is 0.490 e. The quantitative estimate of drug-likeness (QED) is 0.434. The van der Waals surface area contributed by atoms with Gasteiger partial charge < -0.3 is 19.5 Å². The zero-order valence-electron chi connectivity index (χ0n) is 19.9. The van der Waals surface area contributed by atoms with Crippen molar-refractivity contribution in [2.24, 2.45) is 0 Å². The highest BCUT2D eigenvalue weighted by Crippen LogP contribution is 2.33. The fourth-order valence-electron chi connectivity index (χ4n) is 3.75. The van der Waals surface area contributed by atoms with Gasteiger partial charge in [0.25, 0.3) is 0 Å². The Labute approximate surface area is 207 Å². The van der Waals surface area contributed by atoms with E-state index >= 15 is 0 Å². The second-order valence-corrected chi connectivity index (χ2v) is 8.23. The standard InChI is InChI=1S/C17H24N4O2.2C2HF3O2/c1-14-3-4-15(23-14)13-20-8-5-17(6-9-20)16(22)21(10-7-18)12-11-19(17)2;2*3-2(4,5)1(6)7/h3-4H,5-6,8-13H2,1-2H3;2*(H,6,7). The molecule has 3 heterocycles. The Kier molecular flexibility index (Phi) is 10.9. The minimum absolute atomic E-state index is 0.126. The fraction of sp³-hybridized carbons (Fsp3) is 0.619. The summed E-state index contributed by atoms with van der Waals surface area (Å²) in [4.78, 5) is 36.9. The summed E-state index contributed by atoms with van der Waals surface area (Å²) in [5.74, 6) is -3.48. The molecule has 0 unspecified atom stereocenters.